The summed E-state index contributed by atoms with van der Waals surface area (Å²) in [6, 6.07) is 13.2. The van der Waals surface area contributed by atoms with Crippen molar-refractivity contribution in [2.75, 3.05) is 13.1 Å². The number of halogens is 4. The Morgan fingerprint density at radius 2 is 1.74 bits per heavy atom. The lowest BCUT2D eigenvalue weighted by molar-refractivity contribution is -0.137. The van der Waals surface area contributed by atoms with Crippen LogP contribution in [0.15, 0.2) is 54.7 Å². The highest BCUT2D eigenvalue weighted by molar-refractivity contribution is 5.65. The summed E-state index contributed by atoms with van der Waals surface area (Å²) >= 11 is 0. The zero-order chi connectivity index (χ0) is 22.0. The van der Waals surface area contributed by atoms with Gasteiger partial charge in [-0.1, -0.05) is 24.3 Å². The van der Waals surface area contributed by atoms with Crippen LogP contribution < -0.4 is 0 Å². The van der Waals surface area contributed by atoms with Gasteiger partial charge < -0.3 is 0 Å². The van der Waals surface area contributed by atoms with E-state index >= 15 is 0 Å². The molecule has 1 aliphatic rings. The van der Waals surface area contributed by atoms with Crippen LogP contribution in [0.5, 0.6) is 0 Å². The molecule has 3 aromatic rings. The first kappa shape index (κ1) is 21.1. The van der Waals surface area contributed by atoms with E-state index in [4.69, 9.17) is 0 Å². The first-order valence-corrected chi connectivity index (χ1v) is 9.97. The fourth-order valence-electron chi connectivity index (χ4n) is 4.11. The van der Waals surface area contributed by atoms with Crippen LogP contribution >= 0.6 is 0 Å². The summed E-state index contributed by atoms with van der Waals surface area (Å²) in [4.78, 5) is 2.12. The van der Waals surface area contributed by atoms with E-state index in [0.717, 1.165) is 12.1 Å². The number of H-pyrrole nitrogens is 1. The predicted molar refractivity (Wildman–Crippen MR) is 107 cm³/mol. The maximum atomic E-state index is 14.5. The van der Waals surface area contributed by atoms with Gasteiger partial charge in [-0.3, -0.25) is 10.00 Å². The van der Waals surface area contributed by atoms with E-state index in [1.807, 2.05) is 0 Å². The lowest BCUT2D eigenvalue weighted by Crippen LogP contribution is -2.37. The van der Waals surface area contributed by atoms with Crippen molar-refractivity contribution in [1.82, 2.24) is 15.1 Å². The van der Waals surface area contributed by atoms with Crippen molar-refractivity contribution in [3.05, 3.63) is 77.2 Å². The zero-order valence-corrected chi connectivity index (χ0v) is 16.5. The smallest absolute Gasteiger partial charge is 0.292 e. The van der Waals surface area contributed by atoms with Gasteiger partial charge in [-0.2, -0.15) is 23.5 Å². The highest BCUT2D eigenvalue weighted by Gasteiger charge is 2.33. The Morgan fingerprint density at radius 3 is 2.35 bits per heavy atom. The quantitative estimate of drug-likeness (QED) is 0.554. The Balaban J connectivity index is 1.77. The third-order valence-electron chi connectivity index (χ3n) is 5.74. The average Bonchev–Trinajstić information content (AvgIpc) is 3.23. The highest BCUT2D eigenvalue weighted by Crippen LogP contribution is 2.38. The second-order valence-corrected chi connectivity index (χ2v) is 7.64. The van der Waals surface area contributed by atoms with Crippen LogP contribution in [0.2, 0.25) is 0 Å². The largest absolute Gasteiger partial charge is 0.416 e. The minimum absolute atomic E-state index is 0.0418. The molecule has 1 unspecified atom stereocenters. The number of likely N-dealkylation sites (tertiary alicyclic amines) is 1. The number of alkyl halides is 3. The highest BCUT2D eigenvalue weighted by atomic mass is 19.4. The fourth-order valence-corrected chi connectivity index (χ4v) is 4.11. The normalized spacial score (nSPS) is 16.7. The van der Waals surface area contributed by atoms with E-state index in [2.05, 4.69) is 21.2 Å². The molecule has 0 aliphatic carbocycles. The van der Waals surface area contributed by atoms with Crippen molar-refractivity contribution in [2.45, 2.75) is 25.1 Å². The monoisotopic (exact) mass is 428 g/mol. The number of aromatic amines is 1. The second-order valence-electron chi connectivity index (χ2n) is 7.64. The van der Waals surface area contributed by atoms with Gasteiger partial charge in [0.1, 0.15) is 5.82 Å². The van der Waals surface area contributed by atoms with Crippen molar-refractivity contribution in [1.29, 1.82) is 5.26 Å². The van der Waals surface area contributed by atoms with Crippen LogP contribution in [0, 0.1) is 23.1 Å². The lowest BCUT2D eigenvalue weighted by Gasteiger charge is -2.36. The van der Waals surface area contributed by atoms with Crippen molar-refractivity contribution in [3.63, 3.8) is 0 Å². The predicted octanol–water partition coefficient (Wildman–Crippen LogP) is 5.56. The molecule has 4 nitrogen and oxygen atoms in total. The molecule has 2 heterocycles. The number of nitrogens with zero attached hydrogens (tertiary/aromatic N) is 3. The standard InChI is InChI=1S/C23H20F4N4/c24-20-4-2-1-3-18(20)21-19(14-29-30-21)22(31-11-9-15(13-28)10-12-31)16-5-7-17(8-6-16)23(25,26)27/h1-8,14-15,22H,9-12H2,(H,29,30). The summed E-state index contributed by atoms with van der Waals surface area (Å²) in [5, 5.41) is 16.2. The summed E-state index contributed by atoms with van der Waals surface area (Å²) in [5.74, 6) is -0.456. The van der Waals surface area contributed by atoms with Crippen molar-refractivity contribution < 1.29 is 17.6 Å². The van der Waals surface area contributed by atoms with Crippen LogP contribution in [0.3, 0.4) is 0 Å². The molecule has 1 aromatic heterocycles. The first-order chi connectivity index (χ1) is 14.9. The molecule has 0 saturated carbocycles. The summed E-state index contributed by atoms with van der Waals surface area (Å²) in [5.41, 5.74) is 1.45. The number of hydrogen-bond donors (Lipinski definition) is 1. The molecule has 0 bridgehead atoms. The van der Waals surface area contributed by atoms with Crippen LogP contribution in [-0.4, -0.2) is 28.2 Å². The molecule has 31 heavy (non-hydrogen) atoms. The van der Waals surface area contributed by atoms with Crippen molar-refractivity contribution in [3.8, 4) is 17.3 Å². The van der Waals surface area contributed by atoms with Gasteiger partial charge >= 0.3 is 6.18 Å². The maximum absolute atomic E-state index is 14.5. The molecular formula is C23H20F4N4. The van der Waals surface area contributed by atoms with Crippen LogP contribution in [0.4, 0.5) is 17.6 Å². The summed E-state index contributed by atoms with van der Waals surface area (Å²) in [6.45, 7) is 1.21. The van der Waals surface area contributed by atoms with E-state index in [1.165, 1.54) is 18.2 Å². The zero-order valence-electron chi connectivity index (χ0n) is 16.5. The van der Waals surface area contributed by atoms with E-state index in [9.17, 15) is 22.8 Å². The van der Waals surface area contributed by atoms with Gasteiger partial charge in [-0.25, -0.2) is 4.39 Å². The second kappa shape index (κ2) is 8.52. The van der Waals surface area contributed by atoms with Crippen LogP contribution in [-0.2, 0) is 6.18 Å². The Bertz CT molecular complexity index is 1070. The number of piperidine rings is 1. The van der Waals surface area contributed by atoms with Crippen molar-refractivity contribution in [2.24, 2.45) is 5.92 Å². The SMILES string of the molecule is N#CC1CCN(C(c2ccc(C(F)(F)F)cc2)c2cn[nH]c2-c2ccccc2F)CC1. The van der Waals surface area contributed by atoms with Gasteiger partial charge in [0, 0.05) is 30.1 Å². The molecule has 8 heteroatoms. The van der Waals surface area contributed by atoms with E-state index in [0.29, 0.717) is 48.3 Å². The minimum Gasteiger partial charge on any atom is -0.292 e. The topological polar surface area (TPSA) is 55.7 Å². The Morgan fingerprint density at radius 1 is 1.06 bits per heavy atom. The summed E-state index contributed by atoms with van der Waals surface area (Å²) in [6.07, 6.45) is -1.49. The molecule has 160 valence electrons. The Labute approximate surface area is 177 Å². The molecule has 1 atom stereocenters. The third-order valence-corrected chi connectivity index (χ3v) is 5.74. The van der Waals surface area contributed by atoms with Gasteiger partial charge in [-0.05, 0) is 42.7 Å². The molecule has 4 rings (SSSR count). The van der Waals surface area contributed by atoms with Gasteiger partial charge in [-0.15, -0.1) is 0 Å². The summed E-state index contributed by atoms with van der Waals surface area (Å²) in [7, 11) is 0. The van der Waals surface area contributed by atoms with E-state index in [-0.39, 0.29) is 5.92 Å². The molecule has 0 spiro atoms. The number of nitriles is 1. The van der Waals surface area contributed by atoms with Gasteiger partial charge in [0.2, 0.25) is 0 Å². The van der Waals surface area contributed by atoms with E-state index < -0.39 is 23.6 Å². The minimum atomic E-state index is -4.42. The molecule has 0 radical (unpaired) electrons. The molecule has 1 aliphatic heterocycles. The number of hydrogen-bond acceptors (Lipinski definition) is 3. The molecule has 0 amide bonds. The molecular weight excluding hydrogens is 408 g/mol. The average molecular weight is 428 g/mol. The number of rotatable bonds is 4. The van der Waals surface area contributed by atoms with Gasteiger partial charge in [0.15, 0.2) is 0 Å². The lowest BCUT2D eigenvalue weighted by atomic mass is 9.90. The number of aromatic nitrogens is 2. The van der Waals surface area contributed by atoms with Gasteiger partial charge in [0.25, 0.3) is 0 Å². The summed E-state index contributed by atoms with van der Waals surface area (Å²) < 4.78 is 53.7. The van der Waals surface area contributed by atoms with Crippen molar-refractivity contribution >= 4 is 0 Å². The van der Waals surface area contributed by atoms with Crippen LogP contribution in [0.1, 0.15) is 35.6 Å². The fraction of sp³-hybridized carbons (Fsp3) is 0.304. The van der Waals surface area contributed by atoms with Crippen LogP contribution in [0.25, 0.3) is 11.3 Å². The molecule has 1 N–H and O–H groups in total. The maximum Gasteiger partial charge on any atom is 0.416 e. The number of benzene rings is 2. The van der Waals surface area contributed by atoms with Gasteiger partial charge in [0.05, 0.1) is 29.6 Å². The molecule has 2 aromatic carbocycles. The Hall–Kier alpha value is -3.18. The third kappa shape index (κ3) is 4.32. The number of nitrogens with one attached hydrogen (secondary N) is 1. The Kier molecular flexibility index (Phi) is 5.79. The van der Waals surface area contributed by atoms with E-state index in [1.54, 1.807) is 24.4 Å². The molecule has 1 saturated heterocycles. The molecule has 1 fully saturated rings. The first-order valence-electron chi connectivity index (χ1n) is 9.97.